The van der Waals surface area contributed by atoms with Crippen LogP contribution in [0, 0.1) is 5.92 Å². The minimum absolute atomic E-state index is 0.0425. The molecule has 5 nitrogen and oxygen atoms in total. The number of carboxylic acid groups (broad SMARTS) is 1. The summed E-state index contributed by atoms with van der Waals surface area (Å²) < 4.78 is 6.06. The highest BCUT2D eigenvalue weighted by Crippen LogP contribution is 2.34. The Balaban J connectivity index is 2.37. The predicted molar refractivity (Wildman–Crippen MR) is 105 cm³/mol. The van der Waals surface area contributed by atoms with E-state index in [0.717, 1.165) is 23.7 Å². The predicted octanol–water partition coefficient (Wildman–Crippen LogP) is 5.10. The van der Waals surface area contributed by atoms with Crippen LogP contribution in [-0.4, -0.2) is 29.2 Å². The van der Waals surface area contributed by atoms with Gasteiger partial charge in [0.25, 0.3) is 0 Å². The number of carboxylic acids is 1. The first-order valence-electron chi connectivity index (χ1n) is 9.07. The van der Waals surface area contributed by atoms with E-state index in [0.29, 0.717) is 18.4 Å². The number of anilines is 2. The molecule has 0 bridgehead atoms. The van der Waals surface area contributed by atoms with E-state index in [9.17, 15) is 4.79 Å². The van der Waals surface area contributed by atoms with E-state index in [2.05, 4.69) is 62.7 Å². The van der Waals surface area contributed by atoms with Crippen molar-refractivity contribution in [2.24, 2.45) is 5.92 Å². The highest BCUT2D eigenvalue weighted by atomic mass is 16.5. The van der Waals surface area contributed by atoms with Gasteiger partial charge in [-0.15, -0.1) is 0 Å². The molecule has 0 aliphatic carbocycles. The zero-order valence-electron chi connectivity index (χ0n) is 16.2. The first kappa shape index (κ1) is 19.8. The number of pyridine rings is 1. The molecule has 5 heteroatoms. The van der Waals surface area contributed by atoms with E-state index in [4.69, 9.17) is 9.84 Å². The van der Waals surface area contributed by atoms with Crippen molar-refractivity contribution in [1.82, 2.24) is 4.98 Å². The molecular formula is C21H28N2O3. The first-order valence-corrected chi connectivity index (χ1v) is 9.07. The Labute approximate surface area is 155 Å². The van der Waals surface area contributed by atoms with Crippen LogP contribution in [0.15, 0.2) is 36.5 Å². The fourth-order valence-corrected chi connectivity index (χ4v) is 2.74. The van der Waals surface area contributed by atoms with Crippen molar-refractivity contribution in [2.75, 3.05) is 18.1 Å². The molecule has 0 amide bonds. The average molecular weight is 356 g/mol. The maximum Gasteiger partial charge on any atom is 0.354 e. The molecule has 1 N–H and O–H groups in total. The Hall–Kier alpha value is -2.56. The molecule has 140 valence electrons. The molecular weight excluding hydrogens is 328 g/mol. The van der Waals surface area contributed by atoms with Gasteiger partial charge in [0, 0.05) is 18.3 Å². The van der Waals surface area contributed by atoms with E-state index >= 15 is 0 Å². The Kier molecular flexibility index (Phi) is 6.61. The summed E-state index contributed by atoms with van der Waals surface area (Å²) in [4.78, 5) is 17.1. The highest BCUT2D eigenvalue weighted by Gasteiger charge is 2.15. The lowest BCUT2D eigenvalue weighted by atomic mass is 10.0. The second-order valence-electron chi connectivity index (χ2n) is 7.03. The van der Waals surface area contributed by atoms with Crippen LogP contribution >= 0.6 is 0 Å². The molecule has 2 aromatic rings. The summed E-state index contributed by atoms with van der Waals surface area (Å²) in [6.07, 6.45) is 1.60. The van der Waals surface area contributed by atoms with Gasteiger partial charge in [-0.25, -0.2) is 9.78 Å². The van der Waals surface area contributed by atoms with Crippen molar-refractivity contribution < 1.29 is 14.6 Å². The van der Waals surface area contributed by atoms with Gasteiger partial charge in [0.05, 0.1) is 18.5 Å². The van der Waals surface area contributed by atoms with E-state index in [1.807, 2.05) is 0 Å². The number of hydrogen-bond acceptors (Lipinski definition) is 4. The summed E-state index contributed by atoms with van der Waals surface area (Å²) in [5.74, 6) is 0.705. The van der Waals surface area contributed by atoms with Crippen molar-refractivity contribution in [3.8, 4) is 5.75 Å². The van der Waals surface area contributed by atoms with Gasteiger partial charge in [0.15, 0.2) is 0 Å². The monoisotopic (exact) mass is 356 g/mol. The number of aromatic nitrogens is 1. The van der Waals surface area contributed by atoms with Gasteiger partial charge in [0.1, 0.15) is 11.4 Å². The zero-order valence-corrected chi connectivity index (χ0v) is 16.2. The first-order chi connectivity index (χ1) is 12.3. The maximum absolute atomic E-state index is 11.0. The molecule has 2 rings (SSSR count). The topological polar surface area (TPSA) is 62.7 Å². The Morgan fingerprint density at radius 1 is 1.15 bits per heavy atom. The van der Waals surface area contributed by atoms with E-state index < -0.39 is 5.97 Å². The van der Waals surface area contributed by atoms with Crippen LogP contribution in [0.25, 0.3) is 0 Å². The smallest absolute Gasteiger partial charge is 0.354 e. The summed E-state index contributed by atoms with van der Waals surface area (Å²) in [6, 6.07) is 9.56. The standard InChI is InChI=1S/C21H28N2O3/c1-6-23(17-8-10-19(21(24)25)22-12-17)16-7-9-18(15(4)5)20(11-16)26-13-14(2)3/h7-12,14-15H,6,13H2,1-5H3,(H,24,25). The highest BCUT2D eigenvalue weighted by molar-refractivity contribution is 5.85. The van der Waals surface area contributed by atoms with Crippen LogP contribution in [-0.2, 0) is 0 Å². The average Bonchev–Trinajstić information content (AvgIpc) is 2.61. The van der Waals surface area contributed by atoms with Gasteiger partial charge >= 0.3 is 5.97 Å². The van der Waals surface area contributed by atoms with Crippen LogP contribution in [0.5, 0.6) is 5.75 Å². The van der Waals surface area contributed by atoms with E-state index in [1.165, 1.54) is 11.6 Å². The van der Waals surface area contributed by atoms with Gasteiger partial charge < -0.3 is 14.7 Å². The Morgan fingerprint density at radius 2 is 1.85 bits per heavy atom. The van der Waals surface area contributed by atoms with Crippen molar-refractivity contribution in [1.29, 1.82) is 0 Å². The fraction of sp³-hybridized carbons (Fsp3) is 0.429. The molecule has 1 heterocycles. The number of benzene rings is 1. The zero-order chi connectivity index (χ0) is 19.3. The van der Waals surface area contributed by atoms with Crippen LogP contribution in [0.2, 0.25) is 0 Å². The third kappa shape index (κ3) is 4.75. The van der Waals surface area contributed by atoms with Crippen molar-refractivity contribution in [3.63, 3.8) is 0 Å². The summed E-state index contributed by atoms with van der Waals surface area (Å²) in [7, 11) is 0. The third-order valence-corrected chi connectivity index (χ3v) is 4.10. The van der Waals surface area contributed by atoms with Gasteiger partial charge in [-0.05, 0) is 42.5 Å². The second kappa shape index (κ2) is 8.70. The quantitative estimate of drug-likeness (QED) is 0.713. The fourth-order valence-electron chi connectivity index (χ4n) is 2.74. The lowest BCUT2D eigenvalue weighted by Crippen LogP contribution is -2.17. The lowest BCUT2D eigenvalue weighted by molar-refractivity contribution is 0.0690. The molecule has 1 aromatic heterocycles. The summed E-state index contributed by atoms with van der Waals surface area (Å²) in [5.41, 5.74) is 3.08. The van der Waals surface area contributed by atoms with Gasteiger partial charge in [0.2, 0.25) is 0 Å². The summed E-state index contributed by atoms with van der Waals surface area (Å²) in [6.45, 7) is 12.0. The molecule has 0 saturated heterocycles. The van der Waals surface area contributed by atoms with Crippen molar-refractivity contribution in [2.45, 2.75) is 40.5 Å². The van der Waals surface area contributed by atoms with Crippen molar-refractivity contribution in [3.05, 3.63) is 47.8 Å². The SMILES string of the molecule is CCN(c1ccc(C(=O)O)nc1)c1ccc(C(C)C)c(OCC(C)C)c1. The minimum Gasteiger partial charge on any atom is -0.493 e. The molecule has 0 fully saturated rings. The molecule has 0 aliphatic heterocycles. The maximum atomic E-state index is 11.0. The molecule has 0 atom stereocenters. The van der Waals surface area contributed by atoms with Crippen LogP contribution < -0.4 is 9.64 Å². The number of aromatic carboxylic acids is 1. The molecule has 0 unspecified atom stereocenters. The van der Waals surface area contributed by atoms with Gasteiger partial charge in [-0.2, -0.15) is 0 Å². The van der Waals surface area contributed by atoms with Crippen molar-refractivity contribution >= 4 is 17.3 Å². The molecule has 26 heavy (non-hydrogen) atoms. The Morgan fingerprint density at radius 3 is 2.35 bits per heavy atom. The normalized spacial score (nSPS) is 11.0. The number of rotatable bonds is 8. The minimum atomic E-state index is -1.02. The molecule has 1 aromatic carbocycles. The van der Waals surface area contributed by atoms with Crippen LogP contribution in [0.1, 0.15) is 56.6 Å². The number of carbonyl (C=O) groups is 1. The van der Waals surface area contributed by atoms with E-state index in [-0.39, 0.29) is 5.69 Å². The number of hydrogen-bond donors (Lipinski definition) is 1. The summed E-state index contributed by atoms with van der Waals surface area (Å²) >= 11 is 0. The number of ether oxygens (including phenoxy) is 1. The Bertz CT molecular complexity index is 739. The molecule has 0 radical (unpaired) electrons. The number of nitrogens with zero attached hydrogens (tertiary/aromatic N) is 2. The van der Waals surface area contributed by atoms with Crippen LogP contribution in [0.4, 0.5) is 11.4 Å². The third-order valence-electron chi connectivity index (χ3n) is 4.10. The van der Waals surface area contributed by atoms with Crippen LogP contribution in [0.3, 0.4) is 0 Å². The largest absolute Gasteiger partial charge is 0.493 e. The molecule has 0 aliphatic rings. The van der Waals surface area contributed by atoms with E-state index in [1.54, 1.807) is 12.3 Å². The lowest BCUT2D eigenvalue weighted by Gasteiger charge is -2.25. The summed E-state index contributed by atoms with van der Waals surface area (Å²) in [5, 5.41) is 9.02. The van der Waals surface area contributed by atoms with Gasteiger partial charge in [-0.3, -0.25) is 0 Å². The second-order valence-corrected chi connectivity index (χ2v) is 7.03. The molecule has 0 saturated carbocycles. The van der Waals surface area contributed by atoms with Gasteiger partial charge in [-0.1, -0.05) is 33.8 Å². The molecule has 0 spiro atoms.